The molecule has 0 aliphatic carbocycles. The zero-order chi connectivity index (χ0) is 17.7. The van der Waals surface area contributed by atoms with Crippen LogP contribution in [0.15, 0.2) is 36.4 Å². The van der Waals surface area contributed by atoms with Gasteiger partial charge in [-0.3, -0.25) is 0 Å². The first-order valence-corrected chi connectivity index (χ1v) is 7.49. The molecule has 0 unspecified atom stereocenters. The van der Waals surface area contributed by atoms with Crippen molar-refractivity contribution >= 4 is 34.7 Å². The van der Waals surface area contributed by atoms with Crippen LogP contribution in [0.5, 0.6) is 11.5 Å². The fourth-order valence-corrected chi connectivity index (χ4v) is 2.32. The molecule has 2 rings (SSSR count). The first kappa shape index (κ1) is 17.6. The van der Waals surface area contributed by atoms with E-state index >= 15 is 0 Å². The number of aromatic carboxylic acids is 1. The first-order valence-electron chi connectivity index (χ1n) is 7.08. The summed E-state index contributed by atoms with van der Waals surface area (Å²) in [6, 6.07) is 10.1. The van der Waals surface area contributed by atoms with Crippen LogP contribution >= 0.6 is 12.2 Å². The summed E-state index contributed by atoms with van der Waals surface area (Å²) in [7, 11) is 3.12. The quantitative estimate of drug-likeness (QED) is 0.715. The number of anilines is 2. The zero-order valence-corrected chi connectivity index (χ0v) is 14.4. The Balaban J connectivity index is 2.14. The number of carboxylic acids is 1. The Kier molecular flexibility index (Phi) is 5.59. The molecule has 126 valence electrons. The lowest BCUT2D eigenvalue weighted by atomic mass is 10.1. The van der Waals surface area contributed by atoms with Gasteiger partial charge in [-0.25, -0.2) is 4.79 Å². The third kappa shape index (κ3) is 4.14. The van der Waals surface area contributed by atoms with E-state index in [9.17, 15) is 4.79 Å². The summed E-state index contributed by atoms with van der Waals surface area (Å²) in [5, 5.41) is 15.4. The number of ether oxygens (including phenoxy) is 2. The number of thiocarbonyl (C=S) groups is 1. The van der Waals surface area contributed by atoms with E-state index in [1.807, 2.05) is 6.92 Å². The van der Waals surface area contributed by atoms with E-state index in [-0.39, 0.29) is 5.56 Å². The summed E-state index contributed by atoms with van der Waals surface area (Å²) >= 11 is 5.29. The molecule has 0 spiro atoms. The molecule has 7 heteroatoms. The van der Waals surface area contributed by atoms with Crippen LogP contribution in [-0.4, -0.2) is 30.4 Å². The molecule has 0 fully saturated rings. The molecule has 0 amide bonds. The molecule has 0 saturated heterocycles. The van der Waals surface area contributed by atoms with Gasteiger partial charge in [0.15, 0.2) is 16.6 Å². The number of carbonyl (C=O) groups is 1. The van der Waals surface area contributed by atoms with Crippen molar-refractivity contribution in [3.05, 3.63) is 47.5 Å². The maximum Gasteiger partial charge on any atom is 0.335 e. The molecule has 6 nitrogen and oxygen atoms in total. The molecular weight excluding hydrogens is 328 g/mol. The van der Waals surface area contributed by atoms with Gasteiger partial charge in [0.1, 0.15) is 0 Å². The van der Waals surface area contributed by atoms with Gasteiger partial charge in [0, 0.05) is 17.4 Å². The maximum atomic E-state index is 11.1. The number of methoxy groups -OCH3 is 2. The van der Waals surface area contributed by atoms with Gasteiger partial charge >= 0.3 is 5.97 Å². The molecule has 3 N–H and O–H groups in total. The van der Waals surface area contributed by atoms with Gasteiger partial charge in [0.25, 0.3) is 0 Å². The number of hydrogen-bond acceptors (Lipinski definition) is 4. The van der Waals surface area contributed by atoms with Gasteiger partial charge < -0.3 is 25.2 Å². The van der Waals surface area contributed by atoms with Crippen LogP contribution in [0, 0.1) is 6.92 Å². The van der Waals surface area contributed by atoms with Crippen molar-refractivity contribution < 1.29 is 19.4 Å². The third-order valence-corrected chi connectivity index (χ3v) is 3.58. The van der Waals surface area contributed by atoms with Gasteiger partial charge in [-0.15, -0.1) is 0 Å². The van der Waals surface area contributed by atoms with Crippen LogP contribution in [0.25, 0.3) is 0 Å². The highest BCUT2D eigenvalue weighted by Gasteiger charge is 2.09. The minimum Gasteiger partial charge on any atom is -0.493 e. The predicted molar refractivity (Wildman–Crippen MR) is 97.5 cm³/mol. The van der Waals surface area contributed by atoms with Crippen LogP contribution in [0.1, 0.15) is 15.9 Å². The third-order valence-electron chi connectivity index (χ3n) is 3.37. The van der Waals surface area contributed by atoms with E-state index in [4.69, 9.17) is 26.8 Å². The number of carboxylic acid groups (broad SMARTS) is 1. The Bertz CT molecular complexity index is 777. The smallest absolute Gasteiger partial charge is 0.335 e. The second kappa shape index (κ2) is 7.65. The SMILES string of the molecule is COc1ccc(NC(=S)Nc2cc(C(=O)O)ccc2C)cc1OC. The summed E-state index contributed by atoms with van der Waals surface area (Å²) in [5.74, 6) is 0.207. The number of benzene rings is 2. The molecular formula is C17H18N2O4S. The lowest BCUT2D eigenvalue weighted by molar-refractivity contribution is 0.0697. The largest absolute Gasteiger partial charge is 0.493 e. The minimum absolute atomic E-state index is 0.192. The predicted octanol–water partition coefficient (Wildman–Crippen LogP) is 3.52. The zero-order valence-electron chi connectivity index (χ0n) is 13.5. The van der Waals surface area contributed by atoms with Crippen molar-refractivity contribution in [1.29, 1.82) is 0 Å². The van der Waals surface area contributed by atoms with E-state index in [1.165, 1.54) is 0 Å². The number of rotatable bonds is 5. The molecule has 24 heavy (non-hydrogen) atoms. The highest BCUT2D eigenvalue weighted by molar-refractivity contribution is 7.80. The molecule has 0 saturated carbocycles. The fraction of sp³-hybridized carbons (Fsp3) is 0.176. The summed E-state index contributed by atoms with van der Waals surface area (Å²) in [5.41, 5.74) is 2.43. The molecule has 0 aromatic heterocycles. The number of nitrogens with one attached hydrogen (secondary N) is 2. The average molecular weight is 346 g/mol. The van der Waals surface area contributed by atoms with E-state index in [2.05, 4.69) is 10.6 Å². The van der Waals surface area contributed by atoms with Gasteiger partial charge in [0.05, 0.1) is 19.8 Å². The summed E-state index contributed by atoms with van der Waals surface area (Å²) in [6.45, 7) is 1.87. The normalized spacial score (nSPS) is 9.96. The molecule has 2 aromatic rings. The van der Waals surface area contributed by atoms with Crippen molar-refractivity contribution in [2.45, 2.75) is 6.92 Å². The van der Waals surface area contributed by atoms with Crippen molar-refractivity contribution in [2.75, 3.05) is 24.9 Å². The van der Waals surface area contributed by atoms with Gasteiger partial charge in [0.2, 0.25) is 0 Å². The van der Waals surface area contributed by atoms with E-state index in [0.717, 1.165) is 11.3 Å². The summed E-state index contributed by atoms with van der Waals surface area (Å²) < 4.78 is 10.4. The molecule has 0 radical (unpaired) electrons. The highest BCUT2D eigenvalue weighted by Crippen LogP contribution is 2.29. The Morgan fingerprint density at radius 2 is 1.75 bits per heavy atom. The Hall–Kier alpha value is -2.80. The molecule has 0 heterocycles. The summed E-state index contributed by atoms with van der Waals surface area (Å²) in [4.78, 5) is 11.1. The lowest BCUT2D eigenvalue weighted by Crippen LogP contribution is -2.20. The topological polar surface area (TPSA) is 79.8 Å². The number of aryl methyl sites for hydroxylation is 1. The molecule has 2 aromatic carbocycles. The monoisotopic (exact) mass is 346 g/mol. The van der Waals surface area contributed by atoms with Crippen molar-refractivity contribution in [1.82, 2.24) is 0 Å². The number of hydrogen-bond donors (Lipinski definition) is 3. The Morgan fingerprint density at radius 3 is 2.38 bits per heavy atom. The Morgan fingerprint density at radius 1 is 1.04 bits per heavy atom. The molecule has 0 atom stereocenters. The minimum atomic E-state index is -0.989. The second-order valence-electron chi connectivity index (χ2n) is 4.98. The fourth-order valence-electron chi connectivity index (χ4n) is 2.09. The van der Waals surface area contributed by atoms with Crippen LogP contribution in [0.3, 0.4) is 0 Å². The van der Waals surface area contributed by atoms with E-state index in [0.29, 0.717) is 22.3 Å². The van der Waals surface area contributed by atoms with E-state index < -0.39 is 5.97 Å². The molecule has 0 aliphatic rings. The standard InChI is InChI=1S/C17H18N2O4S/c1-10-4-5-11(16(20)21)8-13(10)19-17(24)18-12-6-7-14(22-2)15(9-12)23-3/h4-9H,1-3H3,(H,20,21)(H2,18,19,24). The second-order valence-corrected chi connectivity index (χ2v) is 5.39. The van der Waals surface area contributed by atoms with Gasteiger partial charge in [-0.2, -0.15) is 0 Å². The summed E-state index contributed by atoms with van der Waals surface area (Å²) in [6.07, 6.45) is 0. The van der Waals surface area contributed by atoms with Gasteiger partial charge in [-0.05, 0) is 49.0 Å². The van der Waals surface area contributed by atoms with E-state index in [1.54, 1.807) is 50.6 Å². The van der Waals surface area contributed by atoms with Gasteiger partial charge in [-0.1, -0.05) is 6.07 Å². The Labute approximate surface area is 145 Å². The molecule has 0 aliphatic heterocycles. The average Bonchev–Trinajstić information content (AvgIpc) is 2.56. The van der Waals surface area contributed by atoms with Crippen molar-refractivity contribution in [3.8, 4) is 11.5 Å². The molecule has 0 bridgehead atoms. The van der Waals surface area contributed by atoms with Crippen LogP contribution in [0.2, 0.25) is 0 Å². The maximum absolute atomic E-state index is 11.1. The van der Waals surface area contributed by atoms with Crippen LogP contribution in [-0.2, 0) is 0 Å². The van der Waals surface area contributed by atoms with Crippen LogP contribution in [0.4, 0.5) is 11.4 Å². The first-order chi connectivity index (χ1) is 11.4. The van der Waals surface area contributed by atoms with Crippen molar-refractivity contribution in [2.24, 2.45) is 0 Å². The van der Waals surface area contributed by atoms with Crippen LogP contribution < -0.4 is 20.1 Å². The van der Waals surface area contributed by atoms with Crippen molar-refractivity contribution in [3.63, 3.8) is 0 Å². The lowest BCUT2D eigenvalue weighted by Gasteiger charge is -2.14. The highest BCUT2D eigenvalue weighted by atomic mass is 32.1.